The number of hydrogen-bond acceptors (Lipinski definition) is 1. The fraction of sp³-hybridized carbons (Fsp3) is 0.182. The summed E-state index contributed by atoms with van der Waals surface area (Å²) in [6.45, 7) is 4.68. The van der Waals surface area contributed by atoms with Crippen LogP contribution in [0.1, 0.15) is 6.42 Å². The van der Waals surface area contributed by atoms with Gasteiger partial charge in [0.05, 0.1) is 0 Å². The molecule has 0 spiro atoms. The summed E-state index contributed by atoms with van der Waals surface area (Å²) in [7, 11) is 0. The van der Waals surface area contributed by atoms with Crippen molar-refractivity contribution in [2.45, 2.75) is 13.0 Å². The first kappa shape index (κ1) is 8.17. The van der Waals surface area contributed by atoms with Gasteiger partial charge in [0.1, 0.15) is 5.52 Å². The molecule has 2 rings (SSSR count). The predicted octanol–water partition coefficient (Wildman–Crippen LogP) is 1.75. The Bertz CT molecular complexity index is 410. The average molecular weight is 172 g/mol. The molecular formula is C11H12N2+. The smallest absolute Gasteiger partial charge is 0.0907 e. The van der Waals surface area contributed by atoms with E-state index in [9.17, 15) is 0 Å². The second-order valence-corrected chi connectivity index (χ2v) is 2.99. The molecule has 1 aromatic carbocycles. The van der Waals surface area contributed by atoms with Crippen molar-refractivity contribution in [1.82, 2.24) is 5.10 Å². The highest BCUT2D eigenvalue weighted by atomic mass is 15.3. The van der Waals surface area contributed by atoms with Crippen LogP contribution in [0.15, 0.2) is 36.5 Å². The van der Waals surface area contributed by atoms with Gasteiger partial charge in [0.2, 0.25) is 0 Å². The molecule has 2 aromatic rings. The van der Waals surface area contributed by atoms with Crippen molar-refractivity contribution in [3.8, 4) is 0 Å². The molecule has 0 N–H and O–H groups in total. The quantitative estimate of drug-likeness (QED) is 0.630. The number of benzene rings is 1. The van der Waals surface area contributed by atoms with Crippen LogP contribution in [0.2, 0.25) is 0 Å². The lowest BCUT2D eigenvalue weighted by atomic mass is 10.2. The van der Waals surface area contributed by atoms with E-state index < -0.39 is 0 Å². The number of rotatable bonds is 2. The zero-order valence-electron chi connectivity index (χ0n) is 7.48. The largest absolute Gasteiger partial charge is 0.196 e. The van der Waals surface area contributed by atoms with Gasteiger partial charge in [-0.25, -0.2) is 0 Å². The van der Waals surface area contributed by atoms with Gasteiger partial charge >= 0.3 is 0 Å². The maximum absolute atomic E-state index is 4.44. The van der Waals surface area contributed by atoms with Crippen LogP contribution in [-0.4, -0.2) is 5.10 Å². The molecule has 1 heterocycles. The van der Waals surface area contributed by atoms with Gasteiger partial charge < -0.3 is 0 Å². The van der Waals surface area contributed by atoms with Crippen molar-refractivity contribution >= 4 is 10.9 Å². The molecule has 0 saturated carbocycles. The lowest BCUT2D eigenvalue weighted by molar-refractivity contribution is -0.751. The minimum Gasteiger partial charge on any atom is -0.0907 e. The van der Waals surface area contributed by atoms with Crippen molar-refractivity contribution < 1.29 is 4.68 Å². The molecule has 13 heavy (non-hydrogen) atoms. The molecule has 0 unspecified atom stereocenters. The topological polar surface area (TPSA) is 16.8 Å². The van der Waals surface area contributed by atoms with Gasteiger partial charge in [-0.3, -0.25) is 0 Å². The molecule has 0 aliphatic rings. The Hall–Kier alpha value is -1.44. The first-order valence-electron chi connectivity index (χ1n) is 4.45. The van der Waals surface area contributed by atoms with Crippen LogP contribution in [0, 0.1) is 6.92 Å². The van der Waals surface area contributed by atoms with E-state index in [4.69, 9.17) is 0 Å². The Morgan fingerprint density at radius 3 is 2.92 bits per heavy atom. The van der Waals surface area contributed by atoms with Gasteiger partial charge in [-0.05, 0) is 13.0 Å². The fourth-order valence-corrected chi connectivity index (χ4v) is 1.34. The van der Waals surface area contributed by atoms with Gasteiger partial charge in [-0.2, -0.15) is 0 Å². The molecule has 1 aromatic heterocycles. The van der Waals surface area contributed by atoms with E-state index in [1.807, 2.05) is 29.1 Å². The Labute approximate surface area is 77.8 Å². The third kappa shape index (κ3) is 1.66. The average Bonchev–Trinajstić information content (AvgIpc) is 2.18. The van der Waals surface area contributed by atoms with E-state index in [0.29, 0.717) is 0 Å². The molecule has 0 aliphatic carbocycles. The van der Waals surface area contributed by atoms with E-state index in [1.165, 1.54) is 5.39 Å². The van der Waals surface area contributed by atoms with Crippen LogP contribution in [-0.2, 0) is 6.54 Å². The molecule has 65 valence electrons. The van der Waals surface area contributed by atoms with Crippen LogP contribution in [0.5, 0.6) is 0 Å². The summed E-state index contributed by atoms with van der Waals surface area (Å²) >= 11 is 0. The molecular weight excluding hydrogens is 160 g/mol. The van der Waals surface area contributed by atoms with Crippen molar-refractivity contribution in [1.29, 1.82) is 0 Å². The minimum absolute atomic E-state index is 0.871. The molecule has 2 nitrogen and oxygen atoms in total. The summed E-state index contributed by atoms with van der Waals surface area (Å²) in [5, 5.41) is 5.62. The molecule has 0 aliphatic heterocycles. The van der Waals surface area contributed by atoms with Crippen molar-refractivity contribution in [2.24, 2.45) is 0 Å². The monoisotopic (exact) mass is 172 g/mol. The Morgan fingerprint density at radius 2 is 2.08 bits per heavy atom. The standard InChI is InChI=1S/C11H12N2/c1-2-8-13-9-7-10-5-3-4-6-11(10)12-13/h3-7,9H,1-2,8H2/q+1. The Morgan fingerprint density at radius 1 is 1.23 bits per heavy atom. The van der Waals surface area contributed by atoms with Gasteiger partial charge in [0.25, 0.3) is 0 Å². The zero-order valence-corrected chi connectivity index (χ0v) is 7.48. The summed E-state index contributed by atoms with van der Waals surface area (Å²) in [5.74, 6) is 0. The van der Waals surface area contributed by atoms with Crippen molar-refractivity contribution in [2.75, 3.05) is 0 Å². The van der Waals surface area contributed by atoms with Gasteiger partial charge in [-0.1, -0.05) is 22.9 Å². The van der Waals surface area contributed by atoms with Gasteiger partial charge in [-0.15, -0.1) is 0 Å². The highest BCUT2D eigenvalue weighted by Crippen LogP contribution is 2.06. The Balaban J connectivity index is 2.49. The summed E-state index contributed by atoms with van der Waals surface area (Å²) < 4.78 is 1.93. The third-order valence-corrected chi connectivity index (χ3v) is 1.99. The van der Waals surface area contributed by atoms with Crippen molar-refractivity contribution in [3.05, 3.63) is 43.5 Å². The van der Waals surface area contributed by atoms with E-state index in [2.05, 4.69) is 24.2 Å². The highest BCUT2D eigenvalue weighted by molar-refractivity contribution is 5.76. The molecule has 2 heteroatoms. The first-order chi connectivity index (χ1) is 6.40. The van der Waals surface area contributed by atoms with Gasteiger partial charge in [0, 0.05) is 23.0 Å². The van der Waals surface area contributed by atoms with Crippen LogP contribution in [0.4, 0.5) is 0 Å². The second-order valence-electron chi connectivity index (χ2n) is 2.99. The van der Waals surface area contributed by atoms with E-state index >= 15 is 0 Å². The maximum Gasteiger partial charge on any atom is 0.196 e. The number of aromatic nitrogens is 2. The van der Waals surface area contributed by atoms with Crippen LogP contribution < -0.4 is 4.68 Å². The number of aryl methyl sites for hydroxylation is 1. The van der Waals surface area contributed by atoms with Gasteiger partial charge in [0.15, 0.2) is 12.7 Å². The van der Waals surface area contributed by atoms with E-state index in [-0.39, 0.29) is 0 Å². The SMILES string of the molecule is [CH2]CC[n+]1ccc2ccccc2n1. The lowest BCUT2D eigenvalue weighted by Crippen LogP contribution is -2.37. The first-order valence-corrected chi connectivity index (χ1v) is 4.45. The fourth-order valence-electron chi connectivity index (χ4n) is 1.34. The van der Waals surface area contributed by atoms with E-state index in [1.54, 1.807) is 0 Å². The van der Waals surface area contributed by atoms with Crippen molar-refractivity contribution in [3.63, 3.8) is 0 Å². The molecule has 0 atom stereocenters. The number of fused-ring (bicyclic) bond motifs is 1. The zero-order chi connectivity index (χ0) is 9.10. The summed E-state index contributed by atoms with van der Waals surface area (Å²) in [5.41, 5.74) is 1.04. The maximum atomic E-state index is 4.44. The normalized spacial score (nSPS) is 10.5. The van der Waals surface area contributed by atoms with Crippen LogP contribution in [0.3, 0.4) is 0 Å². The summed E-state index contributed by atoms with van der Waals surface area (Å²) in [6, 6.07) is 10.2. The Kier molecular flexibility index (Phi) is 2.21. The summed E-state index contributed by atoms with van der Waals surface area (Å²) in [6.07, 6.45) is 2.86. The lowest BCUT2D eigenvalue weighted by Gasteiger charge is -1.94. The number of nitrogens with zero attached hydrogens (tertiary/aromatic N) is 2. The van der Waals surface area contributed by atoms with Crippen LogP contribution in [0.25, 0.3) is 10.9 Å². The number of hydrogen-bond donors (Lipinski definition) is 0. The molecule has 0 fully saturated rings. The highest BCUT2D eigenvalue weighted by Gasteiger charge is 2.01. The molecule has 0 bridgehead atoms. The molecule has 1 radical (unpaired) electrons. The third-order valence-electron chi connectivity index (χ3n) is 1.99. The minimum atomic E-state index is 0.871. The molecule has 0 saturated heterocycles. The predicted molar refractivity (Wildman–Crippen MR) is 51.9 cm³/mol. The van der Waals surface area contributed by atoms with E-state index in [0.717, 1.165) is 18.5 Å². The molecule has 0 amide bonds. The summed E-state index contributed by atoms with van der Waals surface area (Å²) in [4.78, 5) is 0. The second kappa shape index (κ2) is 3.52. The van der Waals surface area contributed by atoms with Crippen LogP contribution >= 0.6 is 0 Å².